The summed E-state index contributed by atoms with van der Waals surface area (Å²) in [5, 5.41) is 2.00. The summed E-state index contributed by atoms with van der Waals surface area (Å²) in [5.41, 5.74) is -0.443. The first-order valence-corrected chi connectivity index (χ1v) is 6.35. The molecule has 2 N–H and O–H groups in total. The van der Waals surface area contributed by atoms with Gasteiger partial charge >= 0.3 is 0 Å². The van der Waals surface area contributed by atoms with Crippen LogP contribution in [0.15, 0.2) is 28.0 Å². The largest absolute Gasteiger partial charge is 0.328 e. The Morgan fingerprint density at radius 2 is 1.67 bits per heavy atom. The molecule has 0 radical (unpaired) electrons. The number of H-pyrrole nitrogens is 1. The molecule has 0 aromatic carbocycles. The molecule has 8 nitrogen and oxygen atoms in total. The third-order valence-corrected chi connectivity index (χ3v) is 4.10. The van der Waals surface area contributed by atoms with E-state index in [-0.39, 0.29) is 4.90 Å². The summed E-state index contributed by atoms with van der Waals surface area (Å²) in [6.07, 6.45) is 1.02. The molecule has 96 valence electrons. The van der Waals surface area contributed by atoms with Crippen LogP contribution in [0.25, 0.3) is 0 Å². The molecule has 2 heterocycles. The highest BCUT2D eigenvalue weighted by Gasteiger charge is 2.32. The van der Waals surface area contributed by atoms with Crippen LogP contribution in [0.3, 0.4) is 0 Å². The maximum atomic E-state index is 12.1. The van der Waals surface area contributed by atoms with E-state index in [0.717, 1.165) is 22.6 Å². The number of carbonyl (C=O) groups is 2. The number of sulfonamides is 1. The van der Waals surface area contributed by atoms with Crippen LogP contribution >= 0.6 is 0 Å². The van der Waals surface area contributed by atoms with E-state index in [4.69, 9.17) is 0 Å². The number of nitrogens with zero attached hydrogens (tertiary/aromatic N) is 1. The first-order valence-electron chi connectivity index (χ1n) is 4.91. The van der Waals surface area contributed by atoms with E-state index in [1.807, 2.05) is 5.32 Å². The summed E-state index contributed by atoms with van der Waals surface area (Å²) in [6, 6.07) is 2.17. The zero-order valence-corrected chi connectivity index (χ0v) is 9.86. The predicted molar refractivity (Wildman–Crippen MR) is 59.0 cm³/mol. The third kappa shape index (κ3) is 2.31. The van der Waals surface area contributed by atoms with E-state index in [1.165, 1.54) is 0 Å². The molecule has 1 aliphatic heterocycles. The Morgan fingerprint density at radius 3 is 2.17 bits per heavy atom. The molecule has 0 bridgehead atoms. The number of amides is 2. The third-order valence-electron chi connectivity index (χ3n) is 2.31. The lowest BCUT2D eigenvalue weighted by Crippen LogP contribution is -2.53. The van der Waals surface area contributed by atoms with Crippen LogP contribution in [0, 0.1) is 0 Å². The average molecular weight is 271 g/mol. The van der Waals surface area contributed by atoms with Gasteiger partial charge in [0.15, 0.2) is 0 Å². The van der Waals surface area contributed by atoms with Crippen molar-refractivity contribution < 1.29 is 18.0 Å². The summed E-state index contributed by atoms with van der Waals surface area (Å²) in [6.45, 7) is -0.847. The number of aromatic nitrogens is 1. The molecule has 0 atom stereocenters. The van der Waals surface area contributed by atoms with Gasteiger partial charge in [0, 0.05) is 12.3 Å². The fraction of sp³-hybridized carbons (Fsp3) is 0.222. The van der Waals surface area contributed by atoms with Gasteiger partial charge in [0.25, 0.3) is 0 Å². The maximum absolute atomic E-state index is 12.1. The lowest BCUT2D eigenvalue weighted by Gasteiger charge is -2.24. The van der Waals surface area contributed by atoms with Gasteiger partial charge in [-0.25, -0.2) is 8.42 Å². The number of piperazine rings is 1. The van der Waals surface area contributed by atoms with Crippen molar-refractivity contribution in [3.8, 4) is 0 Å². The van der Waals surface area contributed by atoms with E-state index in [1.54, 1.807) is 0 Å². The Balaban J connectivity index is 2.36. The number of hydrogen-bond donors (Lipinski definition) is 2. The molecule has 1 fully saturated rings. The molecule has 2 amide bonds. The molecule has 2 rings (SSSR count). The van der Waals surface area contributed by atoms with Gasteiger partial charge in [-0.3, -0.25) is 19.7 Å². The second-order valence-electron chi connectivity index (χ2n) is 3.63. The van der Waals surface area contributed by atoms with Crippen LogP contribution in [0.4, 0.5) is 0 Å². The van der Waals surface area contributed by atoms with Crippen molar-refractivity contribution in [1.82, 2.24) is 14.6 Å². The molecule has 0 aliphatic carbocycles. The molecule has 18 heavy (non-hydrogen) atoms. The number of aromatic amines is 1. The normalized spacial score (nSPS) is 17.6. The van der Waals surface area contributed by atoms with E-state index in [0.29, 0.717) is 0 Å². The smallest absolute Gasteiger partial charge is 0.247 e. The fourth-order valence-corrected chi connectivity index (χ4v) is 2.81. The lowest BCUT2D eigenvalue weighted by atomic mass is 10.4. The highest BCUT2D eigenvalue weighted by atomic mass is 32.2. The summed E-state index contributed by atoms with van der Waals surface area (Å²) >= 11 is 0. The average Bonchev–Trinajstić information content (AvgIpc) is 2.28. The first kappa shape index (κ1) is 12.5. The zero-order chi connectivity index (χ0) is 13.3. The van der Waals surface area contributed by atoms with Gasteiger partial charge in [0.05, 0.1) is 18.0 Å². The molecular formula is C9H9N3O5S. The van der Waals surface area contributed by atoms with E-state index >= 15 is 0 Å². The van der Waals surface area contributed by atoms with Crippen molar-refractivity contribution >= 4 is 21.8 Å². The Morgan fingerprint density at radius 1 is 1.06 bits per heavy atom. The number of imide groups is 1. The minimum atomic E-state index is -3.96. The Hall–Kier alpha value is -2.00. The van der Waals surface area contributed by atoms with Gasteiger partial charge in [-0.2, -0.15) is 4.31 Å². The minimum Gasteiger partial charge on any atom is -0.328 e. The molecule has 1 aliphatic rings. The van der Waals surface area contributed by atoms with Gasteiger partial charge in [-0.1, -0.05) is 0 Å². The standard InChI is InChI=1S/C9H9N3O5S/c13-7-2-1-6(3-10-7)18(16,17)12-4-8(14)11-9(15)5-12/h1-3H,4-5H2,(H,10,13)(H,11,14,15). The van der Waals surface area contributed by atoms with Gasteiger partial charge < -0.3 is 4.98 Å². The van der Waals surface area contributed by atoms with Gasteiger partial charge in [0.2, 0.25) is 27.4 Å². The zero-order valence-electron chi connectivity index (χ0n) is 9.04. The highest BCUT2D eigenvalue weighted by Crippen LogP contribution is 2.14. The van der Waals surface area contributed by atoms with Crippen LogP contribution < -0.4 is 10.9 Å². The van der Waals surface area contributed by atoms with Gasteiger partial charge in [-0.05, 0) is 6.07 Å². The quantitative estimate of drug-likeness (QED) is 0.605. The van der Waals surface area contributed by atoms with E-state index in [2.05, 4.69) is 4.98 Å². The molecule has 1 saturated heterocycles. The van der Waals surface area contributed by atoms with Gasteiger partial charge in [-0.15, -0.1) is 0 Å². The van der Waals surface area contributed by atoms with Crippen LogP contribution in [-0.2, 0) is 19.6 Å². The summed E-state index contributed by atoms with van der Waals surface area (Å²) in [7, 11) is -3.96. The Bertz CT molecular complexity index is 627. The van der Waals surface area contributed by atoms with Crippen molar-refractivity contribution in [2.24, 2.45) is 0 Å². The van der Waals surface area contributed by atoms with Crippen molar-refractivity contribution in [3.63, 3.8) is 0 Å². The second-order valence-corrected chi connectivity index (χ2v) is 5.57. The summed E-state index contributed by atoms with van der Waals surface area (Å²) in [4.78, 5) is 35.1. The van der Waals surface area contributed by atoms with E-state index in [9.17, 15) is 22.8 Å². The SMILES string of the molecule is O=C1CN(S(=O)(=O)c2ccc(=O)[nH]c2)CC(=O)N1. The molecule has 0 unspecified atom stereocenters. The number of nitrogens with one attached hydrogen (secondary N) is 2. The Kier molecular flexibility index (Phi) is 3.01. The number of pyridine rings is 1. The molecule has 1 aromatic heterocycles. The topological polar surface area (TPSA) is 116 Å². The van der Waals surface area contributed by atoms with E-state index < -0.39 is 40.5 Å². The molecule has 1 aromatic rings. The number of carbonyl (C=O) groups excluding carboxylic acids is 2. The Labute approximate surface area is 102 Å². The van der Waals surface area contributed by atoms with Crippen LogP contribution in [0.2, 0.25) is 0 Å². The second kappa shape index (κ2) is 4.35. The van der Waals surface area contributed by atoms with Gasteiger partial charge in [0.1, 0.15) is 0 Å². The van der Waals surface area contributed by atoms with Crippen molar-refractivity contribution in [3.05, 3.63) is 28.7 Å². The predicted octanol–water partition coefficient (Wildman–Crippen LogP) is -1.98. The molecule has 0 saturated carbocycles. The fourth-order valence-electron chi connectivity index (χ4n) is 1.49. The lowest BCUT2D eigenvalue weighted by molar-refractivity contribution is -0.134. The highest BCUT2D eigenvalue weighted by molar-refractivity contribution is 7.89. The minimum absolute atomic E-state index is 0.176. The number of rotatable bonds is 2. The van der Waals surface area contributed by atoms with Crippen molar-refractivity contribution in [2.45, 2.75) is 4.90 Å². The molecule has 0 spiro atoms. The van der Waals surface area contributed by atoms with Crippen molar-refractivity contribution in [1.29, 1.82) is 0 Å². The van der Waals surface area contributed by atoms with Crippen LogP contribution in [-0.4, -0.2) is 42.6 Å². The van der Waals surface area contributed by atoms with Crippen molar-refractivity contribution in [2.75, 3.05) is 13.1 Å². The van der Waals surface area contributed by atoms with Crippen LogP contribution in [0.1, 0.15) is 0 Å². The number of hydrogen-bond acceptors (Lipinski definition) is 5. The maximum Gasteiger partial charge on any atom is 0.247 e. The summed E-state index contributed by atoms with van der Waals surface area (Å²) in [5.74, 6) is -1.36. The first-order chi connectivity index (χ1) is 8.39. The monoisotopic (exact) mass is 271 g/mol. The molecule has 9 heteroatoms. The summed E-state index contributed by atoms with van der Waals surface area (Å²) < 4.78 is 24.9. The molecular weight excluding hydrogens is 262 g/mol. The van der Waals surface area contributed by atoms with Crippen LogP contribution in [0.5, 0.6) is 0 Å².